The maximum absolute atomic E-state index is 12.0. The van der Waals surface area contributed by atoms with Gasteiger partial charge in [0.2, 0.25) is 5.91 Å². The Morgan fingerprint density at radius 3 is 2.27 bits per heavy atom. The molecule has 1 aliphatic rings. The number of rotatable bonds is 3. The quantitative estimate of drug-likeness (QED) is 0.775. The highest BCUT2D eigenvalue weighted by Gasteiger charge is 2.27. The van der Waals surface area contributed by atoms with Gasteiger partial charge in [0.05, 0.1) is 6.04 Å². The van der Waals surface area contributed by atoms with Gasteiger partial charge in [-0.05, 0) is 18.8 Å². The second-order valence-electron chi connectivity index (χ2n) is 5.01. The van der Waals surface area contributed by atoms with E-state index in [4.69, 9.17) is 5.73 Å². The van der Waals surface area contributed by atoms with Crippen LogP contribution in [0.3, 0.4) is 0 Å². The normalized spacial score (nSPS) is 20.3. The first-order chi connectivity index (χ1) is 7.04. The van der Waals surface area contributed by atoms with Gasteiger partial charge in [-0.2, -0.15) is 0 Å². The van der Waals surface area contributed by atoms with E-state index in [0.717, 1.165) is 12.8 Å². The van der Waals surface area contributed by atoms with Crippen LogP contribution in [0.2, 0.25) is 0 Å². The van der Waals surface area contributed by atoms with Gasteiger partial charge < -0.3 is 10.6 Å². The molecule has 0 saturated heterocycles. The van der Waals surface area contributed by atoms with Crippen molar-refractivity contribution in [3.05, 3.63) is 0 Å². The molecule has 1 rings (SSSR count). The smallest absolute Gasteiger partial charge is 0.239 e. The van der Waals surface area contributed by atoms with E-state index < -0.39 is 0 Å². The predicted molar refractivity (Wildman–Crippen MR) is 62.5 cm³/mol. The minimum absolute atomic E-state index is 0.108. The zero-order chi connectivity index (χ0) is 11.4. The van der Waals surface area contributed by atoms with Crippen molar-refractivity contribution in [2.45, 2.75) is 58.0 Å². The van der Waals surface area contributed by atoms with Gasteiger partial charge in [-0.3, -0.25) is 4.79 Å². The summed E-state index contributed by atoms with van der Waals surface area (Å²) >= 11 is 0. The van der Waals surface area contributed by atoms with Gasteiger partial charge in [0.15, 0.2) is 0 Å². The van der Waals surface area contributed by atoms with E-state index in [-0.39, 0.29) is 17.9 Å². The molecule has 0 aromatic heterocycles. The van der Waals surface area contributed by atoms with Gasteiger partial charge in [0.1, 0.15) is 0 Å². The first kappa shape index (κ1) is 12.5. The van der Waals surface area contributed by atoms with E-state index in [2.05, 4.69) is 0 Å². The molecule has 0 bridgehead atoms. The lowest BCUT2D eigenvalue weighted by Gasteiger charge is -2.33. The topological polar surface area (TPSA) is 46.3 Å². The fourth-order valence-corrected chi connectivity index (χ4v) is 2.17. The third-order valence-corrected chi connectivity index (χ3v) is 3.47. The fourth-order valence-electron chi connectivity index (χ4n) is 2.17. The van der Waals surface area contributed by atoms with Gasteiger partial charge in [0, 0.05) is 13.1 Å². The number of nitrogens with zero attached hydrogens (tertiary/aromatic N) is 1. The second-order valence-corrected chi connectivity index (χ2v) is 5.01. The Balaban J connectivity index is 2.50. The zero-order valence-corrected chi connectivity index (χ0v) is 10.2. The molecule has 1 aliphatic carbocycles. The second kappa shape index (κ2) is 5.50. The number of hydrogen-bond acceptors (Lipinski definition) is 2. The Kier molecular flexibility index (Phi) is 4.58. The third kappa shape index (κ3) is 3.20. The van der Waals surface area contributed by atoms with Gasteiger partial charge >= 0.3 is 0 Å². The molecule has 3 heteroatoms. The highest BCUT2D eigenvalue weighted by Crippen LogP contribution is 2.22. The minimum Gasteiger partial charge on any atom is -0.341 e. The molecule has 3 nitrogen and oxygen atoms in total. The van der Waals surface area contributed by atoms with Gasteiger partial charge in [0.25, 0.3) is 0 Å². The summed E-state index contributed by atoms with van der Waals surface area (Å²) in [5.74, 6) is 0.334. The first-order valence-corrected chi connectivity index (χ1v) is 6.06. The van der Waals surface area contributed by atoms with Crippen LogP contribution in [0.25, 0.3) is 0 Å². The molecule has 1 fully saturated rings. The Morgan fingerprint density at radius 2 is 1.80 bits per heavy atom. The van der Waals surface area contributed by atoms with E-state index in [1.165, 1.54) is 19.3 Å². The summed E-state index contributed by atoms with van der Waals surface area (Å²) in [6.07, 6.45) is 6.10. The number of amides is 1. The lowest BCUT2D eigenvalue weighted by molar-refractivity contribution is -0.134. The molecule has 0 spiro atoms. The molecule has 0 radical (unpaired) electrons. The largest absolute Gasteiger partial charge is 0.341 e. The summed E-state index contributed by atoms with van der Waals surface area (Å²) in [5.41, 5.74) is 5.88. The fraction of sp³-hybridized carbons (Fsp3) is 0.917. The van der Waals surface area contributed by atoms with Crippen LogP contribution in [-0.4, -0.2) is 29.9 Å². The molecule has 0 heterocycles. The van der Waals surface area contributed by atoms with Crippen molar-refractivity contribution in [1.29, 1.82) is 0 Å². The lowest BCUT2D eigenvalue weighted by Crippen LogP contribution is -2.49. The first-order valence-electron chi connectivity index (χ1n) is 6.06. The number of likely N-dealkylation sites (N-methyl/N-ethyl adjacent to an activating group) is 1. The molecule has 2 N–H and O–H groups in total. The number of carbonyl (C=O) groups is 1. The Hall–Kier alpha value is -0.570. The molecule has 0 unspecified atom stereocenters. The van der Waals surface area contributed by atoms with Gasteiger partial charge in [-0.25, -0.2) is 0 Å². The average molecular weight is 212 g/mol. The van der Waals surface area contributed by atoms with E-state index in [0.29, 0.717) is 6.04 Å². The highest BCUT2D eigenvalue weighted by molar-refractivity contribution is 5.81. The molecule has 1 saturated carbocycles. The Labute approximate surface area is 93.0 Å². The summed E-state index contributed by atoms with van der Waals surface area (Å²) in [6.45, 7) is 3.99. The SMILES string of the molecule is CC(C)[C@H](N)C(=O)N(C)C1CCCCC1. The van der Waals surface area contributed by atoms with Crippen LogP contribution in [0.4, 0.5) is 0 Å². The van der Waals surface area contributed by atoms with E-state index >= 15 is 0 Å². The summed E-state index contributed by atoms with van der Waals surface area (Å²) in [5, 5.41) is 0. The molecule has 0 aliphatic heterocycles. The monoisotopic (exact) mass is 212 g/mol. The van der Waals surface area contributed by atoms with Gasteiger partial charge in [-0.1, -0.05) is 33.1 Å². The van der Waals surface area contributed by atoms with Crippen LogP contribution < -0.4 is 5.73 Å². The molecular weight excluding hydrogens is 188 g/mol. The zero-order valence-electron chi connectivity index (χ0n) is 10.2. The maximum atomic E-state index is 12.0. The van der Waals surface area contributed by atoms with E-state index in [9.17, 15) is 4.79 Å². The van der Waals surface area contributed by atoms with Crippen molar-refractivity contribution in [2.75, 3.05) is 7.05 Å². The minimum atomic E-state index is -0.336. The Bertz CT molecular complexity index is 210. The van der Waals surface area contributed by atoms with Crippen LogP contribution in [0.1, 0.15) is 46.0 Å². The summed E-state index contributed by atoms with van der Waals surface area (Å²) < 4.78 is 0. The standard InChI is InChI=1S/C12H24N2O/c1-9(2)11(13)12(15)14(3)10-7-5-4-6-8-10/h9-11H,4-8,13H2,1-3H3/t11-/m0/s1. The van der Waals surface area contributed by atoms with Crippen molar-refractivity contribution < 1.29 is 4.79 Å². The molecule has 88 valence electrons. The third-order valence-electron chi connectivity index (χ3n) is 3.47. The van der Waals surface area contributed by atoms with Crippen LogP contribution in [0, 0.1) is 5.92 Å². The molecular formula is C12H24N2O. The van der Waals surface area contributed by atoms with Crippen LogP contribution in [-0.2, 0) is 4.79 Å². The number of hydrogen-bond donors (Lipinski definition) is 1. The number of nitrogens with two attached hydrogens (primary N) is 1. The van der Waals surface area contributed by atoms with Crippen LogP contribution in [0.15, 0.2) is 0 Å². The molecule has 0 aromatic rings. The van der Waals surface area contributed by atoms with Crippen molar-refractivity contribution in [3.63, 3.8) is 0 Å². The number of carbonyl (C=O) groups excluding carboxylic acids is 1. The average Bonchev–Trinajstić information content (AvgIpc) is 2.27. The van der Waals surface area contributed by atoms with Crippen molar-refractivity contribution in [2.24, 2.45) is 11.7 Å². The highest BCUT2D eigenvalue weighted by atomic mass is 16.2. The predicted octanol–water partition coefficient (Wildman–Crippen LogP) is 1.76. The van der Waals surface area contributed by atoms with Gasteiger partial charge in [-0.15, -0.1) is 0 Å². The van der Waals surface area contributed by atoms with E-state index in [1.54, 1.807) is 0 Å². The molecule has 1 amide bonds. The summed E-state index contributed by atoms with van der Waals surface area (Å²) in [7, 11) is 1.90. The van der Waals surface area contributed by atoms with Crippen molar-refractivity contribution in [1.82, 2.24) is 4.90 Å². The molecule has 15 heavy (non-hydrogen) atoms. The lowest BCUT2D eigenvalue weighted by atomic mass is 9.93. The molecule has 1 atom stereocenters. The van der Waals surface area contributed by atoms with Crippen LogP contribution in [0.5, 0.6) is 0 Å². The summed E-state index contributed by atoms with van der Waals surface area (Å²) in [6, 6.07) is 0.0907. The molecule has 0 aromatic carbocycles. The summed E-state index contributed by atoms with van der Waals surface area (Å²) in [4.78, 5) is 13.9. The van der Waals surface area contributed by atoms with E-state index in [1.807, 2.05) is 25.8 Å². The van der Waals surface area contributed by atoms with Crippen LogP contribution >= 0.6 is 0 Å². The Morgan fingerprint density at radius 1 is 1.27 bits per heavy atom. The van der Waals surface area contributed by atoms with Crippen molar-refractivity contribution >= 4 is 5.91 Å². The van der Waals surface area contributed by atoms with Crippen molar-refractivity contribution in [3.8, 4) is 0 Å². The maximum Gasteiger partial charge on any atom is 0.239 e.